The molecule has 0 aliphatic carbocycles. The molecular weight excluding hydrogens is 334 g/mol. The highest BCUT2D eigenvalue weighted by molar-refractivity contribution is 5.79. The molecule has 1 aromatic heterocycles. The Kier molecular flexibility index (Phi) is 4.98. The van der Waals surface area contributed by atoms with Crippen LogP contribution in [0.1, 0.15) is 30.5 Å². The summed E-state index contributed by atoms with van der Waals surface area (Å²) in [4.78, 5) is 24.1. The molecule has 4 heterocycles. The Bertz CT molecular complexity index is 635. The number of aromatic nitrogens is 2. The average molecular weight is 363 g/mol. The van der Waals surface area contributed by atoms with Crippen molar-refractivity contribution in [3.8, 4) is 0 Å². The SMILES string of the molecule is Cc1noc([C@@H]2CN(C(=O)CN3CCOCC3)CC23CCN(C)CC3)n1. The molecule has 0 unspecified atom stereocenters. The smallest absolute Gasteiger partial charge is 0.236 e. The third kappa shape index (κ3) is 3.50. The van der Waals surface area contributed by atoms with E-state index in [4.69, 9.17) is 9.26 Å². The second kappa shape index (κ2) is 7.25. The monoisotopic (exact) mass is 363 g/mol. The van der Waals surface area contributed by atoms with Gasteiger partial charge in [0.25, 0.3) is 0 Å². The zero-order chi connectivity index (χ0) is 18.1. The number of hydrogen-bond acceptors (Lipinski definition) is 7. The fourth-order valence-electron chi connectivity index (χ4n) is 4.57. The van der Waals surface area contributed by atoms with E-state index < -0.39 is 0 Å². The number of ether oxygens (including phenoxy) is 1. The summed E-state index contributed by atoms with van der Waals surface area (Å²) in [6.45, 7) is 9.03. The molecule has 0 aromatic carbocycles. The Morgan fingerprint density at radius 1 is 1.23 bits per heavy atom. The van der Waals surface area contributed by atoms with E-state index in [9.17, 15) is 4.79 Å². The number of rotatable bonds is 3. The lowest BCUT2D eigenvalue weighted by Crippen LogP contribution is -2.45. The summed E-state index contributed by atoms with van der Waals surface area (Å²) < 4.78 is 10.9. The fourth-order valence-corrected chi connectivity index (χ4v) is 4.57. The van der Waals surface area contributed by atoms with Crippen LogP contribution in [0.25, 0.3) is 0 Å². The van der Waals surface area contributed by atoms with Gasteiger partial charge in [-0.15, -0.1) is 0 Å². The quantitative estimate of drug-likeness (QED) is 0.767. The maximum atomic E-state index is 13.0. The van der Waals surface area contributed by atoms with Crippen LogP contribution in [0.2, 0.25) is 0 Å². The van der Waals surface area contributed by atoms with Gasteiger partial charge in [0.2, 0.25) is 11.8 Å². The molecule has 26 heavy (non-hydrogen) atoms. The number of carbonyl (C=O) groups excluding carboxylic acids is 1. The zero-order valence-electron chi connectivity index (χ0n) is 15.8. The number of carbonyl (C=O) groups is 1. The van der Waals surface area contributed by atoms with Gasteiger partial charge in [0.1, 0.15) is 0 Å². The molecule has 8 heteroatoms. The number of aryl methyl sites for hydroxylation is 1. The first-order valence-corrected chi connectivity index (χ1v) is 9.62. The first-order chi connectivity index (χ1) is 12.6. The molecule has 3 fully saturated rings. The minimum Gasteiger partial charge on any atom is -0.379 e. The van der Waals surface area contributed by atoms with E-state index in [1.54, 1.807) is 0 Å². The number of hydrogen-bond donors (Lipinski definition) is 0. The van der Waals surface area contributed by atoms with E-state index in [0.29, 0.717) is 38.0 Å². The molecule has 1 atom stereocenters. The van der Waals surface area contributed by atoms with Crippen LogP contribution in [0.4, 0.5) is 0 Å². The Morgan fingerprint density at radius 3 is 2.62 bits per heavy atom. The van der Waals surface area contributed by atoms with Gasteiger partial charge in [-0.1, -0.05) is 5.16 Å². The molecule has 3 aliphatic heterocycles. The van der Waals surface area contributed by atoms with Gasteiger partial charge in [-0.2, -0.15) is 4.98 Å². The van der Waals surface area contributed by atoms with Crippen molar-refractivity contribution in [2.24, 2.45) is 5.41 Å². The van der Waals surface area contributed by atoms with E-state index >= 15 is 0 Å². The predicted octanol–water partition coefficient (Wildman–Crippen LogP) is 0.348. The molecule has 0 bridgehead atoms. The second-order valence-corrected chi connectivity index (χ2v) is 8.06. The average Bonchev–Trinajstić information content (AvgIpc) is 3.23. The van der Waals surface area contributed by atoms with Gasteiger partial charge < -0.3 is 19.1 Å². The van der Waals surface area contributed by atoms with Crippen molar-refractivity contribution in [1.82, 2.24) is 24.8 Å². The summed E-state index contributed by atoms with van der Waals surface area (Å²) in [6.07, 6.45) is 2.13. The first kappa shape index (κ1) is 17.9. The number of nitrogens with zero attached hydrogens (tertiary/aromatic N) is 5. The number of morpholine rings is 1. The lowest BCUT2D eigenvalue weighted by atomic mass is 9.71. The summed E-state index contributed by atoms with van der Waals surface area (Å²) in [5.74, 6) is 1.73. The molecule has 1 spiro atoms. The minimum absolute atomic E-state index is 0.0617. The molecular formula is C18H29N5O3. The Morgan fingerprint density at radius 2 is 1.96 bits per heavy atom. The van der Waals surface area contributed by atoms with E-state index in [-0.39, 0.29) is 17.2 Å². The van der Waals surface area contributed by atoms with E-state index in [1.807, 2.05) is 11.8 Å². The molecule has 1 aromatic rings. The molecule has 4 rings (SSSR count). The van der Waals surface area contributed by atoms with Gasteiger partial charge in [0, 0.05) is 31.6 Å². The first-order valence-electron chi connectivity index (χ1n) is 9.62. The molecule has 0 saturated carbocycles. The van der Waals surface area contributed by atoms with Crippen molar-refractivity contribution in [2.45, 2.75) is 25.7 Å². The Labute approximate surface area is 154 Å². The van der Waals surface area contributed by atoms with Crippen LogP contribution in [-0.4, -0.2) is 96.8 Å². The molecule has 1 amide bonds. The molecule has 0 radical (unpaired) electrons. The van der Waals surface area contributed by atoms with Crippen LogP contribution in [0.3, 0.4) is 0 Å². The molecule has 3 aliphatic rings. The zero-order valence-corrected chi connectivity index (χ0v) is 15.8. The van der Waals surface area contributed by atoms with Crippen LogP contribution in [0, 0.1) is 12.3 Å². The second-order valence-electron chi connectivity index (χ2n) is 8.06. The summed E-state index contributed by atoms with van der Waals surface area (Å²) in [7, 11) is 2.16. The van der Waals surface area contributed by atoms with Gasteiger partial charge in [0.15, 0.2) is 5.82 Å². The molecule has 8 nitrogen and oxygen atoms in total. The predicted molar refractivity (Wildman–Crippen MR) is 94.8 cm³/mol. The highest BCUT2D eigenvalue weighted by Gasteiger charge is 2.51. The lowest BCUT2D eigenvalue weighted by Gasteiger charge is -2.40. The van der Waals surface area contributed by atoms with Crippen molar-refractivity contribution in [3.63, 3.8) is 0 Å². The van der Waals surface area contributed by atoms with E-state index in [1.165, 1.54) is 0 Å². The third-order valence-electron chi connectivity index (χ3n) is 6.29. The lowest BCUT2D eigenvalue weighted by molar-refractivity contribution is -0.133. The Balaban J connectivity index is 1.50. The maximum absolute atomic E-state index is 13.0. The molecule has 144 valence electrons. The van der Waals surface area contributed by atoms with Crippen molar-refractivity contribution in [2.75, 3.05) is 66.1 Å². The van der Waals surface area contributed by atoms with Gasteiger partial charge in [-0.05, 0) is 39.9 Å². The summed E-state index contributed by atoms with van der Waals surface area (Å²) >= 11 is 0. The molecule has 3 saturated heterocycles. The number of piperidine rings is 1. The maximum Gasteiger partial charge on any atom is 0.236 e. The van der Waals surface area contributed by atoms with Gasteiger partial charge in [0.05, 0.1) is 25.7 Å². The summed E-state index contributed by atoms with van der Waals surface area (Å²) in [6, 6.07) is 0. The normalized spacial score (nSPS) is 27.3. The van der Waals surface area contributed by atoms with Crippen molar-refractivity contribution < 1.29 is 14.1 Å². The van der Waals surface area contributed by atoms with Crippen LogP contribution >= 0.6 is 0 Å². The summed E-state index contributed by atoms with van der Waals surface area (Å²) in [5.41, 5.74) is 0.0617. The van der Waals surface area contributed by atoms with Crippen LogP contribution < -0.4 is 0 Å². The number of amides is 1. The topological polar surface area (TPSA) is 74.9 Å². The van der Waals surface area contributed by atoms with E-state index in [2.05, 4.69) is 27.0 Å². The highest BCUT2D eigenvalue weighted by atomic mass is 16.5. The van der Waals surface area contributed by atoms with Crippen LogP contribution in [-0.2, 0) is 9.53 Å². The third-order valence-corrected chi connectivity index (χ3v) is 6.29. The van der Waals surface area contributed by atoms with Crippen molar-refractivity contribution in [3.05, 3.63) is 11.7 Å². The van der Waals surface area contributed by atoms with Gasteiger partial charge in [-0.25, -0.2) is 0 Å². The fraction of sp³-hybridized carbons (Fsp3) is 0.833. The summed E-state index contributed by atoms with van der Waals surface area (Å²) in [5, 5.41) is 4.00. The molecule has 0 N–H and O–H groups in total. The standard InChI is InChI=1S/C18H29N5O3/c1-14-19-17(26-20-14)15-11-23(13-18(15)3-5-21(2)6-4-18)16(24)12-22-7-9-25-10-8-22/h15H,3-13H2,1-2H3/t15-/m0/s1. The van der Waals surface area contributed by atoms with Crippen molar-refractivity contribution in [1.29, 1.82) is 0 Å². The number of likely N-dealkylation sites (tertiary alicyclic amines) is 2. The Hall–Kier alpha value is -1.51. The van der Waals surface area contributed by atoms with Crippen molar-refractivity contribution >= 4 is 5.91 Å². The minimum atomic E-state index is 0.0617. The van der Waals surface area contributed by atoms with Gasteiger partial charge >= 0.3 is 0 Å². The van der Waals surface area contributed by atoms with E-state index in [0.717, 1.165) is 45.6 Å². The highest BCUT2D eigenvalue weighted by Crippen LogP contribution is 2.49. The van der Waals surface area contributed by atoms with Gasteiger partial charge in [-0.3, -0.25) is 9.69 Å². The van der Waals surface area contributed by atoms with Crippen LogP contribution in [0.5, 0.6) is 0 Å². The largest absolute Gasteiger partial charge is 0.379 e. The van der Waals surface area contributed by atoms with Crippen LogP contribution in [0.15, 0.2) is 4.52 Å².